The van der Waals surface area contributed by atoms with Crippen molar-refractivity contribution in [2.75, 3.05) is 5.73 Å². The number of esters is 1. The van der Waals surface area contributed by atoms with Crippen LogP contribution in [0.3, 0.4) is 0 Å². The second-order valence-corrected chi connectivity index (χ2v) is 5.89. The molecule has 0 fully saturated rings. The van der Waals surface area contributed by atoms with Gasteiger partial charge in [-0.2, -0.15) is 0 Å². The molecule has 0 radical (unpaired) electrons. The molecule has 2 N–H and O–H groups in total. The van der Waals surface area contributed by atoms with Gasteiger partial charge in [-0.15, -0.1) is 11.3 Å². The fourth-order valence-corrected chi connectivity index (χ4v) is 3.41. The Bertz CT molecular complexity index is 423. The summed E-state index contributed by atoms with van der Waals surface area (Å²) in [6.07, 6.45) is 5.50. The minimum absolute atomic E-state index is 0.0942. The van der Waals surface area contributed by atoms with Crippen LogP contribution in [0.1, 0.15) is 53.9 Å². The van der Waals surface area contributed by atoms with Gasteiger partial charge in [0, 0.05) is 4.88 Å². The van der Waals surface area contributed by atoms with Gasteiger partial charge in [-0.3, -0.25) is 0 Å². The molecular formula is C13H19NO2S. The number of hydrogen-bond acceptors (Lipinski definition) is 4. The Balaban J connectivity index is 2.33. The summed E-state index contributed by atoms with van der Waals surface area (Å²) >= 11 is 1.56. The van der Waals surface area contributed by atoms with Crippen LogP contribution in [0.4, 0.5) is 5.00 Å². The maximum atomic E-state index is 12.0. The van der Waals surface area contributed by atoms with Crippen LogP contribution in [-0.4, -0.2) is 12.1 Å². The minimum atomic E-state index is -0.253. The molecule has 1 heterocycles. The molecule has 0 atom stereocenters. The van der Waals surface area contributed by atoms with E-state index < -0.39 is 0 Å². The van der Waals surface area contributed by atoms with Gasteiger partial charge in [0.15, 0.2) is 0 Å². The van der Waals surface area contributed by atoms with Crippen LogP contribution in [-0.2, 0) is 17.6 Å². The van der Waals surface area contributed by atoms with E-state index in [0.717, 1.165) is 24.8 Å². The number of rotatable bonds is 2. The highest BCUT2D eigenvalue weighted by Gasteiger charge is 2.24. The number of fused-ring (bicyclic) bond motifs is 1. The van der Waals surface area contributed by atoms with Crippen molar-refractivity contribution in [3.8, 4) is 0 Å². The first-order valence-corrected chi connectivity index (χ1v) is 7.02. The highest BCUT2D eigenvalue weighted by Crippen LogP contribution is 2.36. The average molecular weight is 253 g/mol. The van der Waals surface area contributed by atoms with Crippen molar-refractivity contribution in [3.05, 3.63) is 16.0 Å². The van der Waals surface area contributed by atoms with Crippen molar-refractivity contribution in [3.63, 3.8) is 0 Å². The Hall–Kier alpha value is -1.03. The number of nitrogen functional groups attached to an aromatic ring is 1. The number of nitrogens with two attached hydrogens (primary N) is 1. The van der Waals surface area contributed by atoms with Crippen LogP contribution in [0.2, 0.25) is 0 Å². The molecule has 4 heteroatoms. The van der Waals surface area contributed by atoms with Gasteiger partial charge in [0.2, 0.25) is 0 Å². The number of ether oxygens (including phenoxy) is 1. The maximum Gasteiger partial charge on any atom is 0.341 e. The summed E-state index contributed by atoms with van der Waals surface area (Å²) in [6.45, 7) is 3.72. The summed E-state index contributed by atoms with van der Waals surface area (Å²) in [6, 6.07) is 0. The number of thiophene rings is 1. The van der Waals surface area contributed by atoms with E-state index in [1.165, 1.54) is 17.7 Å². The predicted octanol–water partition coefficient (Wildman–Crippen LogP) is 3.16. The third kappa shape index (κ3) is 2.63. The lowest BCUT2D eigenvalue weighted by Gasteiger charge is -2.09. The van der Waals surface area contributed by atoms with E-state index >= 15 is 0 Å². The molecule has 1 aliphatic carbocycles. The maximum absolute atomic E-state index is 12.0. The van der Waals surface area contributed by atoms with Gasteiger partial charge in [0.1, 0.15) is 5.00 Å². The third-order valence-electron chi connectivity index (χ3n) is 3.00. The van der Waals surface area contributed by atoms with Crippen molar-refractivity contribution in [1.82, 2.24) is 0 Å². The first-order valence-electron chi connectivity index (χ1n) is 6.20. The molecule has 0 bridgehead atoms. The third-order valence-corrected chi connectivity index (χ3v) is 4.12. The van der Waals surface area contributed by atoms with Crippen LogP contribution in [0.15, 0.2) is 0 Å². The van der Waals surface area contributed by atoms with Crippen molar-refractivity contribution in [2.24, 2.45) is 0 Å². The Morgan fingerprint density at radius 2 is 2.00 bits per heavy atom. The SMILES string of the molecule is CC(C)OC(=O)c1c(N)sc2c1CCCCC2. The van der Waals surface area contributed by atoms with Crippen LogP contribution in [0.25, 0.3) is 0 Å². The largest absolute Gasteiger partial charge is 0.459 e. The summed E-state index contributed by atoms with van der Waals surface area (Å²) in [5.74, 6) is -0.253. The molecule has 0 saturated carbocycles. The summed E-state index contributed by atoms with van der Waals surface area (Å²) in [7, 11) is 0. The molecule has 0 spiro atoms. The van der Waals surface area contributed by atoms with E-state index in [9.17, 15) is 4.79 Å². The summed E-state index contributed by atoms with van der Waals surface area (Å²) in [4.78, 5) is 13.3. The molecule has 1 aromatic heterocycles. The molecule has 94 valence electrons. The van der Waals surface area contributed by atoms with Crippen molar-refractivity contribution in [2.45, 2.75) is 52.1 Å². The molecule has 0 aromatic carbocycles. The minimum Gasteiger partial charge on any atom is -0.459 e. The number of anilines is 1. The first kappa shape index (κ1) is 12.4. The lowest BCUT2D eigenvalue weighted by molar-refractivity contribution is 0.0378. The highest BCUT2D eigenvalue weighted by atomic mass is 32.1. The number of carbonyl (C=O) groups excluding carboxylic acids is 1. The van der Waals surface area contributed by atoms with Crippen LogP contribution in [0.5, 0.6) is 0 Å². The molecule has 0 saturated heterocycles. The molecule has 17 heavy (non-hydrogen) atoms. The van der Waals surface area contributed by atoms with Crippen molar-refractivity contribution < 1.29 is 9.53 Å². The zero-order valence-corrected chi connectivity index (χ0v) is 11.2. The van der Waals surface area contributed by atoms with Crippen molar-refractivity contribution >= 4 is 22.3 Å². The zero-order valence-electron chi connectivity index (χ0n) is 10.4. The average Bonchev–Trinajstić information content (AvgIpc) is 2.42. The summed E-state index contributed by atoms with van der Waals surface area (Å²) < 4.78 is 5.27. The predicted molar refractivity (Wildman–Crippen MR) is 70.5 cm³/mol. The first-order chi connectivity index (χ1) is 8.09. The van der Waals surface area contributed by atoms with Crippen LogP contribution < -0.4 is 5.73 Å². The van der Waals surface area contributed by atoms with Gasteiger partial charge >= 0.3 is 5.97 Å². The molecule has 3 nitrogen and oxygen atoms in total. The van der Waals surface area contributed by atoms with E-state index in [-0.39, 0.29) is 12.1 Å². The quantitative estimate of drug-likeness (QED) is 0.650. The van der Waals surface area contributed by atoms with Gasteiger partial charge in [-0.05, 0) is 45.1 Å². The van der Waals surface area contributed by atoms with Gasteiger partial charge < -0.3 is 10.5 Å². The second kappa shape index (κ2) is 5.08. The highest BCUT2D eigenvalue weighted by molar-refractivity contribution is 7.16. The lowest BCUT2D eigenvalue weighted by atomic mass is 10.1. The topological polar surface area (TPSA) is 52.3 Å². The van der Waals surface area contributed by atoms with Crippen LogP contribution >= 0.6 is 11.3 Å². The number of hydrogen-bond donors (Lipinski definition) is 1. The van der Waals surface area contributed by atoms with E-state index in [1.54, 1.807) is 11.3 Å². The molecule has 1 aromatic rings. The Morgan fingerprint density at radius 1 is 1.29 bits per heavy atom. The van der Waals surface area contributed by atoms with Gasteiger partial charge in [0.05, 0.1) is 11.7 Å². The van der Waals surface area contributed by atoms with E-state index in [0.29, 0.717) is 10.6 Å². The monoisotopic (exact) mass is 253 g/mol. The fraction of sp³-hybridized carbons (Fsp3) is 0.615. The van der Waals surface area contributed by atoms with E-state index in [2.05, 4.69) is 0 Å². The molecule has 0 amide bonds. The van der Waals surface area contributed by atoms with Gasteiger partial charge in [0.25, 0.3) is 0 Å². The number of aryl methyl sites for hydroxylation is 1. The fourth-order valence-electron chi connectivity index (χ4n) is 2.26. The normalized spacial score (nSPS) is 15.5. The van der Waals surface area contributed by atoms with E-state index in [4.69, 9.17) is 10.5 Å². The molecule has 0 unspecified atom stereocenters. The Morgan fingerprint density at radius 3 is 2.71 bits per heavy atom. The number of carbonyl (C=O) groups is 1. The Labute approximate surface area is 106 Å². The zero-order chi connectivity index (χ0) is 12.4. The second-order valence-electron chi connectivity index (χ2n) is 4.76. The van der Waals surface area contributed by atoms with Gasteiger partial charge in [-0.1, -0.05) is 6.42 Å². The van der Waals surface area contributed by atoms with E-state index in [1.807, 2.05) is 13.8 Å². The molecule has 0 aliphatic heterocycles. The smallest absolute Gasteiger partial charge is 0.341 e. The lowest BCUT2D eigenvalue weighted by Crippen LogP contribution is -2.14. The summed E-state index contributed by atoms with van der Waals surface area (Å²) in [5.41, 5.74) is 7.75. The molecular weight excluding hydrogens is 234 g/mol. The molecule has 2 rings (SSSR count). The van der Waals surface area contributed by atoms with Crippen LogP contribution in [0, 0.1) is 0 Å². The molecule has 1 aliphatic rings. The van der Waals surface area contributed by atoms with Gasteiger partial charge in [-0.25, -0.2) is 4.79 Å². The summed E-state index contributed by atoms with van der Waals surface area (Å²) in [5, 5.41) is 0.627. The van der Waals surface area contributed by atoms with Crippen molar-refractivity contribution in [1.29, 1.82) is 0 Å². The standard InChI is InChI=1S/C13H19NO2S/c1-8(2)16-13(15)11-9-6-4-3-5-7-10(9)17-12(11)14/h8H,3-7,14H2,1-2H3. The Kier molecular flexibility index (Phi) is 3.72.